The number of hydrogen-bond donors (Lipinski definition) is 2. The van der Waals surface area contributed by atoms with Gasteiger partial charge in [0, 0.05) is 30.8 Å². The maximum Gasteiger partial charge on any atom is 0.342 e. The third-order valence-corrected chi connectivity index (χ3v) is 5.50. The summed E-state index contributed by atoms with van der Waals surface area (Å²) in [6.07, 6.45) is 0. The molecule has 10 nitrogen and oxygen atoms in total. The normalized spacial score (nSPS) is 14.2. The Morgan fingerprint density at radius 2 is 1.67 bits per heavy atom. The van der Waals surface area contributed by atoms with Crippen LogP contribution in [0.15, 0.2) is 63.6 Å². The number of nitrogens with zero attached hydrogens (tertiary/aromatic N) is 4. The fourth-order valence-electron chi connectivity index (χ4n) is 3.73. The number of hydrogen-bond acceptors (Lipinski definition) is 8. The molecule has 1 aliphatic heterocycles. The standard InChI is InChI=1S/C23H18N4O6/c28-22(29)16-11-27(12-16)10-13-6-8-15(9-7-13)20-24-21(33-26-20)19-17(23(30)31)18(25-32-19)14-4-2-1-3-5-14/h1-9,16H,10-12H2,(H,28,29)(H,30,31). The minimum atomic E-state index is -1.22. The zero-order chi connectivity index (χ0) is 22.9. The lowest BCUT2D eigenvalue weighted by atomic mass is 9.99. The average Bonchev–Trinajstić information content (AvgIpc) is 3.44. The van der Waals surface area contributed by atoms with Gasteiger partial charge in [-0.3, -0.25) is 9.69 Å². The summed E-state index contributed by atoms with van der Waals surface area (Å²) in [7, 11) is 0. The monoisotopic (exact) mass is 446 g/mol. The summed E-state index contributed by atoms with van der Waals surface area (Å²) >= 11 is 0. The van der Waals surface area contributed by atoms with Gasteiger partial charge in [-0.1, -0.05) is 64.9 Å². The van der Waals surface area contributed by atoms with Crippen molar-refractivity contribution in [3.05, 3.63) is 65.7 Å². The van der Waals surface area contributed by atoms with E-state index >= 15 is 0 Å². The molecule has 2 aromatic carbocycles. The van der Waals surface area contributed by atoms with E-state index in [1.807, 2.05) is 30.3 Å². The Morgan fingerprint density at radius 3 is 2.33 bits per heavy atom. The first kappa shape index (κ1) is 20.6. The molecule has 0 atom stereocenters. The number of aromatic nitrogens is 3. The Bertz CT molecular complexity index is 1310. The highest BCUT2D eigenvalue weighted by Gasteiger charge is 2.32. The van der Waals surface area contributed by atoms with E-state index in [4.69, 9.17) is 14.2 Å². The molecule has 1 saturated heterocycles. The molecule has 1 fully saturated rings. The van der Waals surface area contributed by atoms with Crippen molar-refractivity contribution in [2.24, 2.45) is 5.92 Å². The van der Waals surface area contributed by atoms with Crippen LogP contribution in [-0.2, 0) is 11.3 Å². The zero-order valence-electron chi connectivity index (χ0n) is 17.2. The first-order chi connectivity index (χ1) is 16.0. The van der Waals surface area contributed by atoms with Gasteiger partial charge < -0.3 is 19.3 Å². The molecule has 0 bridgehead atoms. The zero-order valence-corrected chi connectivity index (χ0v) is 17.2. The van der Waals surface area contributed by atoms with Gasteiger partial charge in [-0.15, -0.1) is 0 Å². The molecular weight excluding hydrogens is 428 g/mol. The molecule has 4 aromatic rings. The van der Waals surface area contributed by atoms with Gasteiger partial charge in [-0.05, 0) is 5.56 Å². The van der Waals surface area contributed by atoms with E-state index in [1.165, 1.54) is 0 Å². The van der Waals surface area contributed by atoms with Crippen LogP contribution < -0.4 is 0 Å². The van der Waals surface area contributed by atoms with Crippen LogP contribution in [0.25, 0.3) is 34.3 Å². The number of rotatable bonds is 7. The van der Waals surface area contributed by atoms with Gasteiger partial charge in [0.2, 0.25) is 11.6 Å². The lowest BCUT2D eigenvalue weighted by Crippen LogP contribution is -2.49. The Kier molecular flexibility index (Phi) is 5.19. The van der Waals surface area contributed by atoms with Gasteiger partial charge in [0.25, 0.3) is 5.89 Å². The van der Waals surface area contributed by atoms with Crippen LogP contribution in [0.5, 0.6) is 0 Å². The molecule has 10 heteroatoms. The minimum Gasteiger partial charge on any atom is -0.481 e. The summed E-state index contributed by atoms with van der Waals surface area (Å²) in [5, 5.41) is 26.6. The van der Waals surface area contributed by atoms with Gasteiger partial charge in [0.15, 0.2) is 0 Å². The lowest BCUT2D eigenvalue weighted by Gasteiger charge is -2.36. The van der Waals surface area contributed by atoms with E-state index in [1.54, 1.807) is 24.3 Å². The van der Waals surface area contributed by atoms with E-state index in [9.17, 15) is 14.7 Å². The molecule has 0 spiro atoms. The van der Waals surface area contributed by atoms with Crippen molar-refractivity contribution in [3.63, 3.8) is 0 Å². The number of carboxylic acid groups (broad SMARTS) is 2. The molecule has 5 rings (SSSR count). The highest BCUT2D eigenvalue weighted by Crippen LogP contribution is 2.32. The Balaban J connectivity index is 1.35. The second-order valence-corrected chi connectivity index (χ2v) is 7.76. The van der Waals surface area contributed by atoms with Gasteiger partial charge in [-0.25, -0.2) is 4.79 Å². The Hall–Kier alpha value is -4.31. The molecule has 0 aliphatic carbocycles. The molecule has 0 radical (unpaired) electrons. The lowest BCUT2D eigenvalue weighted by molar-refractivity contribution is -0.147. The fourth-order valence-corrected chi connectivity index (χ4v) is 3.73. The van der Waals surface area contributed by atoms with E-state index in [0.29, 0.717) is 30.8 Å². The van der Waals surface area contributed by atoms with Crippen LogP contribution in [0.4, 0.5) is 0 Å². The molecule has 2 N–H and O–H groups in total. The fraction of sp³-hybridized carbons (Fsp3) is 0.174. The van der Waals surface area contributed by atoms with Gasteiger partial charge >= 0.3 is 11.9 Å². The van der Waals surface area contributed by atoms with E-state index in [-0.39, 0.29) is 34.7 Å². The Labute approximate surface area is 187 Å². The highest BCUT2D eigenvalue weighted by molar-refractivity contribution is 5.99. The van der Waals surface area contributed by atoms with Gasteiger partial charge in [0.1, 0.15) is 11.3 Å². The number of carbonyl (C=O) groups is 2. The van der Waals surface area contributed by atoms with Crippen LogP contribution in [0, 0.1) is 5.92 Å². The van der Waals surface area contributed by atoms with Crippen molar-refractivity contribution < 1.29 is 28.8 Å². The molecule has 0 unspecified atom stereocenters. The highest BCUT2D eigenvalue weighted by atomic mass is 16.5. The third-order valence-electron chi connectivity index (χ3n) is 5.50. The van der Waals surface area contributed by atoms with Crippen LogP contribution in [0.1, 0.15) is 15.9 Å². The number of likely N-dealkylation sites (tertiary alicyclic amines) is 1. The largest absolute Gasteiger partial charge is 0.481 e. The van der Waals surface area contributed by atoms with Crippen molar-refractivity contribution in [2.45, 2.75) is 6.54 Å². The molecule has 2 aromatic heterocycles. The first-order valence-electron chi connectivity index (χ1n) is 10.2. The number of aliphatic carboxylic acids is 1. The molecule has 166 valence electrons. The number of benzene rings is 2. The maximum absolute atomic E-state index is 11.9. The van der Waals surface area contributed by atoms with E-state index in [0.717, 1.165) is 5.56 Å². The van der Waals surface area contributed by atoms with Crippen molar-refractivity contribution in [2.75, 3.05) is 13.1 Å². The second-order valence-electron chi connectivity index (χ2n) is 7.76. The van der Waals surface area contributed by atoms with Crippen molar-refractivity contribution in [1.29, 1.82) is 0 Å². The van der Waals surface area contributed by atoms with Gasteiger partial charge in [-0.2, -0.15) is 4.98 Å². The van der Waals surface area contributed by atoms with E-state index < -0.39 is 11.9 Å². The summed E-state index contributed by atoms with van der Waals surface area (Å²) in [6, 6.07) is 16.3. The van der Waals surface area contributed by atoms with Crippen LogP contribution in [0.2, 0.25) is 0 Å². The van der Waals surface area contributed by atoms with Crippen LogP contribution in [0.3, 0.4) is 0 Å². The predicted molar refractivity (Wildman–Crippen MR) is 114 cm³/mol. The summed E-state index contributed by atoms with van der Waals surface area (Å²) < 4.78 is 10.6. The predicted octanol–water partition coefficient (Wildman–Crippen LogP) is 3.27. The SMILES string of the molecule is O=C(O)c1c(-c2ccccc2)noc1-c1nc(-c2ccc(CN3CC(C(=O)O)C3)cc2)no1. The summed E-state index contributed by atoms with van der Waals surface area (Å²) in [4.78, 5) is 29.2. The quantitative estimate of drug-likeness (QED) is 0.434. The third kappa shape index (κ3) is 3.99. The minimum absolute atomic E-state index is 0.0820. The summed E-state index contributed by atoms with van der Waals surface area (Å²) in [5.74, 6) is -2.19. The molecule has 3 heterocycles. The van der Waals surface area contributed by atoms with Crippen LogP contribution in [-0.4, -0.2) is 55.4 Å². The maximum atomic E-state index is 11.9. The summed E-state index contributed by atoms with van der Waals surface area (Å²) in [6.45, 7) is 1.74. The average molecular weight is 446 g/mol. The number of carboxylic acids is 2. The molecule has 0 saturated carbocycles. The van der Waals surface area contributed by atoms with Crippen molar-refractivity contribution in [3.8, 4) is 34.3 Å². The molecule has 0 amide bonds. The molecular formula is C23H18N4O6. The molecule has 1 aliphatic rings. The Morgan fingerprint density at radius 1 is 0.939 bits per heavy atom. The number of aromatic carboxylic acids is 1. The van der Waals surface area contributed by atoms with E-state index in [2.05, 4.69) is 20.2 Å². The topological polar surface area (TPSA) is 143 Å². The van der Waals surface area contributed by atoms with Gasteiger partial charge in [0.05, 0.1) is 5.92 Å². The molecule has 33 heavy (non-hydrogen) atoms. The van der Waals surface area contributed by atoms with Crippen molar-refractivity contribution in [1.82, 2.24) is 20.2 Å². The smallest absolute Gasteiger partial charge is 0.342 e. The summed E-state index contributed by atoms with van der Waals surface area (Å²) in [5.41, 5.74) is 2.33. The van der Waals surface area contributed by atoms with Crippen molar-refractivity contribution >= 4 is 11.9 Å². The second kappa shape index (κ2) is 8.32. The first-order valence-corrected chi connectivity index (χ1v) is 10.2. The van der Waals surface area contributed by atoms with Crippen LogP contribution >= 0.6 is 0 Å².